The number of rotatable bonds is 6. The SMILES string of the molecule is C=CC(=O)CC1CCC=C(c2ccnc3[nH]cc(-c4ccc(OC)nc4)c23)C1. The molecule has 0 bridgehead atoms. The summed E-state index contributed by atoms with van der Waals surface area (Å²) < 4.78 is 5.17. The Morgan fingerprint density at radius 2 is 2.21 bits per heavy atom. The molecule has 1 unspecified atom stereocenters. The summed E-state index contributed by atoms with van der Waals surface area (Å²) in [5, 5.41) is 1.09. The summed E-state index contributed by atoms with van der Waals surface area (Å²) in [6, 6.07) is 5.94. The van der Waals surface area contributed by atoms with Gasteiger partial charge in [0.15, 0.2) is 5.78 Å². The molecule has 3 aromatic heterocycles. The van der Waals surface area contributed by atoms with Crippen molar-refractivity contribution in [2.24, 2.45) is 5.92 Å². The van der Waals surface area contributed by atoms with Crippen LogP contribution >= 0.6 is 0 Å². The van der Waals surface area contributed by atoms with Crippen molar-refractivity contribution in [2.75, 3.05) is 7.11 Å². The smallest absolute Gasteiger partial charge is 0.212 e. The molecule has 3 aromatic rings. The van der Waals surface area contributed by atoms with E-state index in [9.17, 15) is 4.79 Å². The first-order chi connectivity index (χ1) is 13.7. The molecule has 0 spiro atoms. The lowest BCUT2D eigenvalue weighted by Gasteiger charge is -2.22. The van der Waals surface area contributed by atoms with E-state index in [-0.39, 0.29) is 5.78 Å². The lowest BCUT2D eigenvalue weighted by Crippen LogP contribution is -2.11. The van der Waals surface area contributed by atoms with Gasteiger partial charge in [-0.25, -0.2) is 9.97 Å². The third-order valence-corrected chi connectivity index (χ3v) is 5.37. The first-order valence-electron chi connectivity index (χ1n) is 9.50. The molecule has 1 aliphatic carbocycles. The molecular formula is C23H23N3O2. The Balaban J connectivity index is 1.73. The maximum absolute atomic E-state index is 11.8. The van der Waals surface area contributed by atoms with Gasteiger partial charge in [0, 0.05) is 47.6 Å². The number of H-pyrrole nitrogens is 1. The third-order valence-electron chi connectivity index (χ3n) is 5.37. The number of allylic oxidation sites excluding steroid dienone is 3. The number of pyridine rings is 2. The molecule has 1 aliphatic rings. The van der Waals surface area contributed by atoms with E-state index in [4.69, 9.17) is 4.74 Å². The molecule has 3 heterocycles. The van der Waals surface area contributed by atoms with E-state index in [1.807, 2.05) is 30.7 Å². The molecule has 28 heavy (non-hydrogen) atoms. The Bertz CT molecular complexity index is 1050. The molecule has 1 atom stereocenters. The molecule has 1 N–H and O–H groups in total. The fraction of sp³-hybridized carbons (Fsp3) is 0.261. The predicted octanol–water partition coefficient (Wildman–Crippen LogP) is 4.96. The number of carbonyl (C=O) groups is 1. The molecule has 0 fully saturated rings. The van der Waals surface area contributed by atoms with Gasteiger partial charge in [0.05, 0.1) is 7.11 Å². The Hall–Kier alpha value is -3.21. The van der Waals surface area contributed by atoms with Crippen LogP contribution in [0.5, 0.6) is 5.88 Å². The Morgan fingerprint density at radius 3 is 2.96 bits per heavy atom. The number of ketones is 1. The van der Waals surface area contributed by atoms with Gasteiger partial charge >= 0.3 is 0 Å². The second kappa shape index (κ2) is 7.80. The first-order valence-corrected chi connectivity index (χ1v) is 9.50. The van der Waals surface area contributed by atoms with Crippen molar-refractivity contribution in [3.63, 3.8) is 0 Å². The van der Waals surface area contributed by atoms with Crippen LogP contribution in [-0.4, -0.2) is 27.8 Å². The molecule has 5 heteroatoms. The van der Waals surface area contributed by atoms with Gasteiger partial charge in [-0.15, -0.1) is 0 Å². The van der Waals surface area contributed by atoms with Gasteiger partial charge < -0.3 is 9.72 Å². The monoisotopic (exact) mass is 373 g/mol. The van der Waals surface area contributed by atoms with Crippen molar-refractivity contribution in [3.8, 4) is 17.0 Å². The number of nitrogens with zero attached hydrogens (tertiary/aromatic N) is 2. The van der Waals surface area contributed by atoms with E-state index in [0.29, 0.717) is 18.2 Å². The van der Waals surface area contributed by atoms with Crippen LogP contribution in [-0.2, 0) is 4.79 Å². The minimum Gasteiger partial charge on any atom is -0.481 e. The number of carbonyl (C=O) groups excluding carboxylic acids is 1. The van der Waals surface area contributed by atoms with Crippen LogP contribution in [0.1, 0.15) is 31.2 Å². The molecular weight excluding hydrogens is 350 g/mol. The van der Waals surface area contributed by atoms with Crippen molar-refractivity contribution >= 4 is 22.4 Å². The van der Waals surface area contributed by atoms with E-state index < -0.39 is 0 Å². The average Bonchev–Trinajstić information content (AvgIpc) is 3.18. The number of aromatic nitrogens is 3. The van der Waals surface area contributed by atoms with Gasteiger partial charge in [0.2, 0.25) is 5.88 Å². The summed E-state index contributed by atoms with van der Waals surface area (Å²) in [4.78, 5) is 23.9. The maximum Gasteiger partial charge on any atom is 0.212 e. The highest BCUT2D eigenvalue weighted by Crippen LogP contribution is 2.39. The zero-order valence-electron chi connectivity index (χ0n) is 15.9. The molecule has 5 nitrogen and oxygen atoms in total. The standard InChI is InChI=1S/C23H23N3O2/c1-3-18(27)12-15-5-4-6-16(11-15)19-9-10-24-23-22(19)20(14-26-23)17-7-8-21(28-2)25-13-17/h3,6-10,13-15H,1,4-5,11-12H2,2H3,(H,24,26). The second-order valence-corrected chi connectivity index (χ2v) is 7.13. The average molecular weight is 373 g/mol. The van der Waals surface area contributed by atoms with Crippen molar-refractivity contribution in [1.82, 2.24) is 15.0 Å². The first kappa shape index (κ1) is 18.2. The minimum absolute atomic E-state index is 0.123. The van der Waals surface area contributed by atoms with E-state index in [2.05, 4.69) is 33.7 Å². The van der Waals surface area contributed by atoms with Crippen molar-refractivity contribution in [2.45, 2.75) is 25.7 Å². The molecule has 0 aliphatic heterocycles. The quantitative estimate of drug-likeness (QED) is 0.620. The highest BCUT2D eigenvalue weighted by atomic mass is 16.5. The molecule has 0 radical (unpaired) electrons. The zero-order chi connectivity index (χ0) is 19.5. The highest BCUT2D eigenvalue weighted by Gasteiger charge is 2.21. The summed E-state index contributed by atoms with van der Waals surface area (Å²) in [5.41, 5.74) is 5.39. The minimum atomic E-state index is 0.123. The molecule has 0 amide bonds. The number of hydrogen-bond acceptors (Lipinski definition) is 4. The Labute approximate surface area is 164 Å². The number of ether oxygens (including phenoxy) is 1. The van der Waals surface area contributed by atoms with Crippen LogP contribution in [0.15, 0.2) is 55.5 Å². The number of methoxy groups -OCH3 is 1. The van der Waals surface area contributed by atoms with Gasteiger partial charge in [-0.05, 0) is 54.5 Å². The van der Waals surface area contributed by atoms with Crippen LogP contribution < -0.4 is 4.74 Å². The molecule has 4 rings (SSSR count). The van der Waals surface area contributed by atoms with Crippen LogP contribution in [0.2, 0.25) is 0 Å². The number of fused-ring (bicyclic) bond motifs is 1. The second-order valence-electron chi connectivity index (χ2n) is 7.13. The summed E-state index contributed by atoms with van der Waals surface area (Å²) in [7, 11) is 1.61. The Morgan fingerprint density at radius 1 is 1.32 bits per heavy atom. The number of aromatic amines is 1. The van der Waals surface area contributed by atoms with Crippen LogP contribution in [0.4, 0.5) is 0 Å². The number of nitrogens with one attached hydrogen (secondary N) is 1. The molecule has 0 saturated heterocycles. The van der Waals surface area contributed by atoms with Gasteiger partial charge in [-0.3, -0.25) is 4.79 Å². The largest absolute Gasteiger partial charge is 0.481 e. The van der Waals surface area contributed by atoms with Gasteiger partial charge in [0.25, 0.3) is 0 Å². The van der Waals surface area contributed by atoms with Gasteiger partial charge in [0.1, 0.15) is 5.65 Å². The van der Waals surface area contributed by atoms with E-state index in [1.54, 1.807) is 7.11 Å². The lowest BCUT2D eigenvalue weighted by molar-refractivity contribution is -0.115. The zero-order valence-corrected chi connectivity index (χ0v) is 15.9. The fourth-order valence-corrected chi connectivity index (χ4v) is 3.96. The van der Waals surface area contributed by atoms with Gasteiger partial charge in [-0.1, -0.05) is 12.7 Å². The summed E-state index contributed by atoms with van der Waals surface area (Å²) in [6.07, 6.45) is 12.9. The maximum atomic E-state index is 11.8. The van der Waals surface area contributed by atoms with Crippen molar-refractivity contribution in [3.05, 3.63) is 61.1 Å². The van der Waals surface area contributed by atoms with E-state index in [0.717, 1.165) is 41.4 Å². The predicted molar refractivity (Wildman–Crippen MR) is 111 cm³/mol. The number of hydrogen-bond donors (Lipinski definition) is 1. The Kier molecular flexibility index (Phi) is 5.06. The molecule has 0 aromatic carbocycles. The summed E-state index contributed by atoms with van der Waals surface area (Å²) in [5.74, 6) is 1.07. The van der Waals surface area contributed by atoms with Crippen molar-refractivity contribution < 1.29 is 9.53 Å². The highest BCUT2D eigenvalue weighted by molar-refractivity contribution is 6.01. The normalized spacial score (nSPS) is 16.6. The van der Waals surface area contributed by atoms with Crippen molar-refractivity contribution in [1.29, 1.82) is 0 Å². The summed E-state index contributed by atoms with van der Waals surface area (Å²) in [6.45, 7) is 3.60. The third kappa shape index (κ3) is 3.48. The molecule has 142 valence electrons. The van der Waals surface area contributed by atoms with Crippen LogP contribution in [0.25, 0.3) is 27.7 Å². The van der Waals surface area contributed by atoms with E-state index in [1.165, 1.54) is 17.2 Å². The fourth-order valence-electron chi connectivity index (χ4n) is 3.96. The van der Waals surface area contributed by atoms with E-state index >= 15 is 0 Å². The molecule has 0 saturated carbocycles. The summed E-state index contributed by atoms with van der Waals surface area (Å²) >= 11 is 0. The topological polar surface area (TPSA) is 67.9 Å². The van der Waals surface area contributed by atoms with Crippen LogP contribution in [0.3, 0.4) is 0 Å². The van der Waals surface area contributed by atoms with Crippen LogP contribution in [0, 0.1) is 5.92 Å². The van der Waals surface area contributed by atoms with Gasteiger partial charge in [-0.2, -0.15) is 0 Å². The lowest BCUT2D eigenvalue weighted by atomic mass is 9.82.